The highest BCUT2D eigenvalue weighted by Crippen LogP contribution is 2.20. The summed E-state index contributed by atoms with van der Waals surface area (Å²) in [4.78, 5) is 16.5. The molecule has 174 valence electrons. The molecule has 4 rings (SSSR count). The third-order valence-corrected chi connectivity index (χ3v) is 6.63. The smallest absolute Gasteiger partial charge is 0.261 e. The first kappa shape index (κ1) is 23.1. The summed E-state index contributed by atoms with van der Waals surface area (Å²) in [6, 6.07) is 17.0. The van der Waals surface area contributed by atoms with Gasteiger partial charge in [-0.05, 0) is 67.4 Å². The SMILES string of the molecule is Cc1ccc(S(=O)(=O)Nc2cccc(C(=O)N[C@H](C)c3ccc(-n4cncn4)cc3)c2)cc1F. The van der Waals surface area contributed by atoms with Gasteiger partial charge in [0.2, 0.25) is 0 Å². The van der Waals surface area contributed by atoms with Crippen LogP contribution < -0.4 is 10.0 Å². The van der Waals surface area contributed by atoms with E-state index in [9.17, 15) is 17.6 Å². The predicted octanol–water partition coefficient (Wildman–Crippen LogP) is 4.01. The number of nitrogens with one attached hydrogen (secondary N) is 2. The molecule has 3 aromatic carbocycles. The summed E-state index contributed by atoms with van der Waals surface area (Å²) in [7, 11) is -4.02. The number of hydrogen-bond acceptors (Lipinski definition) is 5. The second-order valence-corrected chi connectivity index (χ2v) is 9.41. The molecule has 0 fully saturated rings. The number of halogens is 1. The van der Waals surface area contributed by atoms with Gasteiger partial charge in [0.15, 0.2) is 0 Å². The van der Waals surface area contributed by atoms with Crippen molar-refractivity contribution in [2.45, 2.75) is 24.8 Å². The summed E-state index contributed by atoms with van der Waals surface area (Å²) in [6.07, 6.45) is 3.04. The van der Waals surface area contributed by atoms with Crippen molar-refractivity contribution in [2.24, 2.45) is 0 Å². The van der Waals surface area contributed by atoms with Crippen molar-refractivity contribution in [3.8, 4) is 5.69 Å². The predicted molar refractivity (Wildman–Crippen MR) is 126 cm³/mol. The third kappa shape index (κ3) is 5.12. The lowest BCUT2D eigenvalue weighted by Gasteiger charge is -2.16. The molecule has 0 aliphatic rings. The molecule has 0 aliphatic carbocycles. The Hall–Kier alpha value is -4.05. The highest BCUT2D eigenvalue weighted by Gasteiger charge is 2.17. The van der Waals surface area contributed by atoms with Crippen molar-refractivity contribution in [1.82, 2.24) is 20.1 Å². The van der Waals surface area contributed by atoms with Crippen LogP contribution in [0.5, 0.6) is 0 Å². The molecule has 1 heterocycles. The standard InChI is InChI=1S/C24H22FN5O3S/c1-16-6-11-22(13-23(16)25)34(32,33)29-20-5-3-4-19(12-20)24(31)28-17(2)18-7-9-21(10-8-18)30-15-26-14-27-30/h3-15,17,29H,1-2H3,(H,28,31)/t17-/m1/s1. The number of aryl methyl sites for hydroxylation is 1. The Balaban J connectivity index is 1.45. The number of hydrogen-bond donors (Lipinski definition) is 2. The minimum Gasteiger partial charge on any atom is -0.346 e. The molecular weight excluding hydrogens is 457 g/mol. The molecule has 1 amide bonds. The number of amides is 1. The first-order valence-electron chi connectivity index (χ1n) is 10.4. The summed E-state index contributed by atoms with van der Waals surface area (Å²) in [6.45, 7) is 3.40. The van der Waals surface area contributed by atoms with Crippen molar-refractivity contribution in [1.29, 1.82) is 0 Å². The quantitative estimate of drug-likeness (QED) is 0.417. The summed E-state index contributed by atoms with van der Waals surface area (Å²) in [5.41, 5.74) is 2.54. The van der Waals surface area contributed by atoms with Gasteiger partial charge < -0.3 is 5.32 Å². The zero-order valence-electron chi connectivity index (χ0n) is 18.4. The van der Waals surface area contributed by atoms with E-state index in [4.69, 9.17) is 0 Å². The topological polar surface area (TPSA) is 106 Å². The van der Waals surface area contributed by atoms with Crippen LogP contribution in [-0.4, -0.2) is 29.1 Å². The van der Waals surface area contributed by atoms with E-state index in [0.717, 1.165) is 17.3 Å². The molecule has 0 spiro atoms. The minimum atomic E-state index is -4.02. The Morgan fingerprint density at radius 3 is 2.50 bits per heavy atom. The van der Waals surface area contributed by atoms with Crippen molar-refractivity contribution in [3.05, 3.63) is 102 Å². The van der Waals surface area contributed by atoms with Gasteiger partial charge in [-0.25, -0.2) is 22.5 Å². The molecule has 8 nitrogen and oxygen atoms in total. The van der Waals surface area contributed by atoms with Gasteiger partial charge in [-0.2, -0.15) is 5.10 Å². The largest absolute Gasteiger partial charge is 0.346 e. The molecule has 34 heavy (non-hydrogen) atoms. The molecule has 0 unspecified atom stereocenters. The second-order valence-electron chi connectivity index (χ2n) is 7.72. The van der Waals surface area contributed by atoms with Gasteiger partial charge in [0.1, 0.15) is 18.5 Å². The lowest BCUT2D eigenvalue weighted by Crippen LogP contribution is -2.26. The number of carbonyl (C=O) groups is 1. The van der Waals surface area contributed by atoms with E-state index in [1.807, 2.05) is 31.2 Å². The van der Waals surface area contributed by atoms with Gasteiger partial charge in [0, 0.05) is 11.3 Å². The number of carbonyl (C=O) groups excluding carboxylic acids is 1. The average Bonchev–Trinajstić information content (AvgIpc) is 3.36. The first-order valence-corrected chi connectivity index (χ1v) is 11.9. The Labute approximate surface area is 196 Å². The number of aromatic nitrogens is 3. The van der Waals surface area contributed by atoms with Crippen molar-refractivity contribution >= 4 is 21.6 Å². The summed E-state index contributed by atoms with van der Waals surface area (Å²) in [5.74, 6) is -0.977. The molecule has 4 aromatic rings. The molecule has 2 N–H and O–H groups in total. The zero-order valence-corrected chi connectivity index (χ0v) is 19.3. The number of benzene rings is 3. The van der Waals surface area contributed by atoms with Crippen LogP contribution in [0.1, 0.15) is 34.5 Å². The van der Waals surface area contributed by atoms with Gasteiger partial charge in [-0.1, -0.05) is 24.3 Å². The van der Waals surface area contributed by atoms with E-state index in [1.165, 1.54) is 30.6 Å². The molecule has 0 radical (unpaired) electrons. The van der Waals surface area contributed by atoms with Gasteiger partial charge in [-0.3, -0.25) is 9.52 Å². The van der Waals surface area contributed by atoms with Gasteiger partial charge in [0.05, 0.1) is 16.6 Å². The van der Waals surface area contributed by atoms with Crippen LogP contribution >= 0.6 is 0 Å². The maximum Gasteiger partial charge on any atom is 0.261 e. The van der Waals surface area contributed by atoms with E-state index in [-0.39, 0.29) is 28.1 Å². The first-order chi connectivity index (χ1) is 16.2. The monoisotopic (exact) mass is 479 g/mol. The van der Waals surface area contributed by atoms with Gasteiger partial charge in [0.25, 0.3) is 15.9 Å². The Morgan fingerprint density at radius 1 is 1.06 bits per heavy atom. The number of anilines is 1. The fourth-order valence-electron chi connectivity index (χ4n) is 3.30. The normalized spacial score (nSPS) is 12.2. The minimum absolute atomic E-state index is 0.193. The Bertz CT molecular complexity index is 1420. The van der Waals surface area contributed by atoms with E-state index in [1.54, 1.807) is 30.1 Å². The molecule has 0 saturated carbocycles. The summed E-state index contributed by atoms with van der Waals surface area (Å²) in [5, 5.41) is 6.98. The number of rotatable bonds is 7. The summed E-state index contributed by atoms with van der Waals surface area (Å²) < 4.78 is 43.1. The number of nitrogens with zero attached hydrogens (tertiary/aromatic N) is 3. The van der Waals surface area contributed by atoms with Gasteiger partial charge in [-0.15, -0.1) is 0 Å². The van der Waals surface area contributed by atoms with Crippen molar-refractivity contribution < 1.29 is 17.6 Å². The molecule has 1 atom stereocenters. The highest BCUT2D eigenvalue weighted by molar-refractivity contribution is 7.92. The van der Waals surface area contributed by atoms with E-state index < -0.39 is 15.8 Å². The maximum atomic E-state index is 13.8. The lowest BCUT2D eigenvalue weighted by atomic mass is 10.1. The van der Waals surface area contributed by atoms with Crippen LogP contribution in [0.2, 0.25) is 0 Å². The van der Waals surface area contributed by atoms with Crippen molar-refractivity contribution in [2.75, 3.05) is 4.72 Å². The Kier molecular flexibility index (Phi) is 6.42. The Morgan fingerprint density at radius 2 is 1.82 bits per heavy atom. The van der Waals surface area contributed by atoms with Crippen LogP contribution in [0, 0.1) is 12.7 Å². The molecule has 0 bridgehead atoms. The summed E-state index contributed by atoms with van der Waals surface area (Å²) >= 11 is 0. The molecule has 1 aromatic heterocycles. The van der Waals surface area contributed by atoms with Crippen LogP contribution in [0.4, 0.5) is 10.1 Å². The van der Waals surface area contributed by atoms with Crippen molar-refractivity contribution in [3.63, 3.8) is 0 Å². The van der Waals surface area contributed by atoms with E-state index in [0.29, 0.717) is 5.56 Å². The fraction of sp³-hybridized carbons (Fsp3) is 0.125. The van der Waals surface area contributed by atoms with Crippen LogP contribution in [0.25, 0.3) is 5.69 Å². The average molecular weight is 480 g/mol. The van der Waals surface area contributed by atoms with Crippen LogP contribution in [0.15, 0.2) is 84.3 Å². The third-order valence-electron chi connectivity index (χ3n) is 5.25. The zero-order chi connectivity index (χ0) is 24.3. The highest BCUT2D eigenvalue weighted by atomic mass is 32.2. The van der Waals surface area contributed by atoms with Gasteiger partial charge >= 0.3 is 0 Å². The maximum absolute atomic E-state index is 13.8. The fourth-order valence-corrected chi connectivity index (χ4v) is 4.36. The lowest BCUT2D eigenvalue weighted by molar-refractivity contribution is 0.0940. The number of sulfonamides is 1. The molecular formula is C24H22FN5O3S. The van der Waals surface area contributed by atoms with E-state index >= 15 is 0 Å². The molecule has 10 heteroatoms. The van der Waals surface area contributed by atoms with Crippen LogP contribution in [-0.2, 0) is 10.0 Å². The molecule has 0 saturated heterocycles. The second kappa shape index (κ2) is 9.44. The van der Waals surface area contributed by atoms with E-state index in [2.05, 4.69) is 20.1 Å². The van der Waals surface area contributed by atoms with Crippen LogP contribution in [0.3, 0.4) is 0 Å². The molecule has 0 aliphatic heterocycles.